The number of benzene rings is 1. The molecule has 110 valence electrons. The number of fused-ring (bicyclic) bond motifs is 1. The molecule has 1 unspecified atom stereocenters. The van der Waals surface area contributed by atoms with E-state index < -0.39 is 11.7 Å². The summed E-state index contributed by atoms with van der Waals surface area (Å²) in [6.07, 6.45) is -0.125. The number of hydrogen-bond acceptors (Lipinski definition) is 4. The number of anilines is 1. The van der Waals surface area contributed by atoms with E-state index in [1.54, 1.807) is 11.0 Å². The van der Waals surface area contributed by atoms with Gasteiger partial charge in [-0.05, 0) is 44.5 Å². The zero-order valence-electron chi connectivity index (χ0n) is 12.2. The maximum absolute atomic E-state index is 11.8. The van der Waals surface area contributed by atoms with Crippen LogP contribution in [0.1, 0.15) is 38.9 Å². The van der Waals surface area contributed by atoms with Gasteiger partial charge in [-0.25, -0.2) is 0 Å². The second-order valence-corrected chi connectivity index (χ2v) is 5.79. The fraction of sp³-hybridized carbons (Fsp3) is 0.533. The van der Waals surface area contributed by atoms with E-state index in [9.17, 15) is 9.90 Å². The van der Waals surface area contributed by atoms with Gasteiger partial charge in [-0.3, -0.25) is 4.79 Å². The maximum Gasteiger partial charge on any atom is 0.224 e. The molecule has 5 nitrogen and oxygen atoms in total. The second kappa shape index (κ2) is 5.42. The summed E-state index contributed by atoms with van der Waals surface area (Å²) in [5, 5.41) is 10.0. The third-order valence-corrected chi connectivity index (χ3v) is 3.40. The summed E-state index contributed by atoms with van der Waals surface area (Å²) in [7, 11) is 0. The van der Waals surface area contributed by atoms with Crippen molar-refractivity contribution in [3.05, 3.63) is 23.8 Å². The van der Waals surface area contributed by atoms with Crippen molar-refractivity contribution < 1.29 is 14.6 Å². The largest absolute Gasteiger partial charge is 0.484 e. The summed E-state index contributed by atoms with van der Waals surface area (Å²) < 4.78 is 5.89. The molecule has 1 atom stereocenters. The van der Waals surface area contributed by atoms with Crippen LogP contribution < -0.4 is 15.4 Å². The zero-order valence-corrected chi connectivity index (χ0v) is 12.2. The standard InChI is InChI=1S/C15H22N2O3/c1-10(18)17-9-15(2,3)20-14-5-4-11(8-12(14)17)13(19)6-7-16/h4-5,8,13,19H,6-7,9,16H2,1-3H3. The first-order valence-corrected chi connectivity index (χ1v) is 6.83. The summed E-state index contributed by atoms with van der Waals surface area (Å²) in [6, 6.07) is 5.44. The summed E-state index contributed by atoms with van der Waals surface area (Å²) in [4.78, 5) is 13.5. The average molecular weight is 278 g/mol. The first-order chi connectivity index (χ1) is 9.34. The highest BCUT2D eigenvalue weighted by atomic mass is 16.5. The monoisotopic (exact) mass is 278 g/mol. The number of aliphatic hydroxyl groups excluding tert-OH is 1. The van der Waals surface area contributed by atoms with Gasteiger partial charge in [0.1, 0.15) is 11.4 Å². The molecule has 1 heterocycles. The number of nitrogens with zero attached hydrogens (tertiary/aromatic N) is 1. The Morgan fingerprint density at radius 3 is 2.85 bits per heavy atom. The predicted molar refractivity (Wildman–Crippen MR) is 77.8 cm³/mol. The van der Waals surface area contributed by atoms with Gasteiger partial charge in [-0.1, -0.05) is 6.07 Å². The predicted octanol–water partition coefficient (Wildman–Crippen LogP) is 1.59. The molecule has 20 heavy (non-hydrogen) atoms. The van der Waals surface area contributed by atoms with Gasteiger partial charge in [-0.2, -0.15) is 0 Å². The van der Waals surface area contributed by atoms with Gasteiger partial charge in [-0.15, -0.1) is 0 Å². The van der Waals surface area contributed by atoms with Crippen LogP contribution in [-0.4, -0.2) is 29.7 Å². The summed E-state index contributed by atoms with van der Waals surface area (Å²) in [6.45, 7) is 6.34. The number of carbonyl (C=O) groups is 1. The minimum absolute atomic E-state index is 0.0342. The van der Waals surface area contributed by atoms with E-state index >= 15 is 0 Å². The molecule has 5 heteroatoms. The van der Waals surface area contributed by atoms with Crippen molar-refractivity contribution in [3.63, 3.8) is 0 Å². The Hall–Kier alpha value is -1.59. The minimum atomic E-state index is -0.617. The number of hydrogen-bond donors (Lipinski definition) is 2. The lowest BCUT2D eigenvalue weighted by molar-refractivity contribution is -0.117. The van der Waals surface area contributed by atoms with Crippen LogP contribution in [0.4, 0.5) is 5.69 Å². The molecule has 1 aromatic rings. The third kappa shape index (κ3) is 2.94. The van der Waals surface area contributed by atoms with Crippen LogP contribution in [-0.2, 0) is 4.79 Å². The molecule has 1 aromatic carbocycles. The highest BCUT2D eigenvalue weighted by molar-refractivity contribution is 5.94. The molecule has 0 fully saturated rings. The van der Waals surface area contributed by atoms with E-state index in [2.05, 4.69) is 0 Å². The number of amides is 1. The summed E-state index contributed by atoms with van der Waals surface area (Å²) in [5.74, 6) is 0.633. The molecule has 0 saturated heterocycles. The van der Waals surface area contributed by atoms with Gasteiger partial charge in [0.05, 0.1) is 18.3 Å². The molecule has 0 aliphatic carbocycles. The maximum atomic E-state index is 11.8. The molecular weight excluding hydrogens is 256 g/mol. The molecule has 0 aromatic heterocycles. The first kappa shape index (κ1) is 14.8. The Kier molecular flexibility index (Phi) is 4.01. The lowest BCUT2D eigenvalue weighted by atomic mass is 10.0. The fourth-order valence-corrected chi connectivity index (χ4v) is 2.44. The van der Waals surface area contributed by atoms with E-state index in [4.69, 9.17) is 10.5 Å². The SMILES string of the molecule is CC(=O)N1CC(C)(C)Oc2ccc(C(O)CCN)cc21. The molecule has 1 aliphatic heterocycles. The number of aliphatic hydroxyl groups is 1. The van der Waals surface area contributed by atoms with Gasteiger partial charge in [0.2, 0.25) is 5.91 Å². The van der Waals surface area contributed by atoms with Crippen LogP contribution in [0.25, 0.3) is 0 Å². The third-order valence-electron chi connectivity index (χ3n) is 3.40. The van der Waals surface area contributed by atoms with Crippen molar-refractivity contribution in [2.75, 3.05) is 18.0 Å². The Bertz CT molecular complexity index is 514. The number of rotatable bonds is 3. The molecule has 0 saturated carbocycles. The number of nitrogens with two attached hydrogens (primary N) is 1. The molecule has 0 bridgehead atoms. The molecule has 0 spiro atoms. The normalized spacial score (nSPS) is 18.1. The second-order valence-electron chi connectivity index (χ2n) is 5.79. The summed E-state index contributed by atoms with van der Waals surface area (Å²) in [5.41, 5.74) is 6.51. The van der Waals surface area contributed by atoms with Gasteiger partial charge in [0, 0.05) is 6.92 Å². The number of ether oxygens (including phenoxy) is 1. The molecule has 3 N–H and O–H groups in total. The fourth-order valence-electron chi connectivity index (χ4n) is 2.44. The highest BCUT2D eigenvalue weighted by Gasteiger charge is 2.33. The van der Waals surface area contributed by atoms with Crippen molar-refractivity contribution in [1.82, 2.24) is 0 Å². The van der Waals surface area contributed by atoms with Crippen LogP contribution in [0.3, 0.4) is 0 Å². The zero-order chi connectivity index (χ0) is 14.9. The average Bonchev–Trinajstić information content (AvgIpc) is 2.36. The highest BCUT2D eigenvalue weighted by Crippen LogP contribution is 2.38. The van der Waals surface area contributed by atoms with Crippen LogP contribution >= 0.6 is 0 Å². The van der Waals surface area contributed by atoms with Crippen LogP contribution in [0.15, 0.2) is 18.2 Å². The van der Waals surface area contributed by atoms with Gasteiger partial charge >= 0.3 is 0 Å². The Labute approximate surface area is 119 Å². The van der Waals surface area contributed by atoms with Crippen molar-refractivity contribution in [1.29, 1.82) is 0 Å². The van der Waals surface area contributed by atoms with Crippen LogP contribution in [0.2, 0.25) is 0 Å². The Balaban J connectivity index is 2.40. The van der Waals surface area contributed by atoms with Crippen LogP contribution in [0.5, 0.6) is 5.75 Å². The van der Waals surface area contributed by atoms with Gasteiger partial charge in [0.15, 0.2) is 0 Å². The summed E-state index contributed by atoms with van der Waals surface area (Å²) >= 11 is 0. The quantitative estimate of drug-likeness (QED) is 0.880. The van der Waals surface area contributed by atoms with Crippen molar-refractivity contribution >= 4 is 11.6 Å². The van der Waals surface area contributed by atoms with E-state index in [1.165, 1.54) is 6.92 Å². The molecule has 0 radical (unpaired) electrons. The molecule has 1 aliphatic rings. The van der Waals surface area contributed by atoms with Crippen LogP contribution in [0, 0.1) is 0 Å². The first-order valence-electron chi connectivity index (χ1n) is 6.83. The van der Waals surface area contributed by atoms with Crippen molar-refractivity contribution in [3.8, 4) is 5.75 Å². The van der Waals surface area contributed by atoms with Crippen molar-refractivity contribution in [2.24, 2.45) is 5.73 Å². The Morgan fingerprint density at radius 1 is 1.55 bits per heavy atom. The number of carbonyl (C=O) groups excluding carboxylic acids is 1. The van der Waals surface area contributed by atoms with Crippen molar-refractivity contribution in [2.45, 2.75) is 38.9 Å². The molecule has 2 rings (SSSR count). The minimum Gasteiger partial charge on any atom is -0.484 e. The Morgan fingerprint density at radius 2 is 2.25 bits per heavy atom. The lowest BCUT2D eigenvalue weighted by Crippen LogP contribution is -2.48. The molecule has 1 amide bonds. The topological polar surface area (TPSA) is 75.8 Å². The van der Waals surface area contributed by atoms with Gasteiger partial charge < -0.3 is 20.5 Å². The smallest absolute Gasteiger partial charge is 0.224 e. The molecular formula is C15H22N2O3. The van der Waals surface area contributed by atoms with E-state index in [1.807, 2.05) is 26.0 Å². The van der Waals surface area contributed by atoms with E-state index in [0.717, 1.165) is 5.56 Å². The lowest BCUT2D eigenvalue weighted by Gasteiger charge is -2.39. The van der Waals surface area contributed by atoms with E-state index in [0.29, 0.717) is 30.9 Å². The van der Waals surface area contributed by atoms with E-state index in [-0.39, 0.29) is 5.91 Å². The van der Waals surface area contributed by atoms with Gasteiger partial charge in [0.25, 0.3) is 0 Å².